The quantitative estimate of drug-likeness (QED) is 0.685. The number of halogens is 1. The first kappa shape index (κ1) is 13.0. The first-order valence-electron chi connectivity index (χ1n) is 5.96. The van der Waals surface area contributed by atoms with Crippen molar-refractivity contribution in [1.82, 2.24) is 25.4 Å². The Kier molecular flexibility index (Phi) is 3.59. The van der Waals surface area contributed by atoms with Gasteiger partial charge < -0.3 is 5.32 Å². The minimum absolute atomic E-state index is 0.544. The molecular formula is C13H11IN6. The van der Waals surface area contributed by atoms with Gasteiger partial charge in [-0.3, -0.25) is 0 Å². The van der Waals surface area contributed by atoms with Crippen LogP contribution in [0.5, 0.6) is 0 Å². The standard InChI is InChI=1S/C13H11IN6/c1-15-13-10(14)11(8-5-3-2-4-6-8)17-12(18-13)9-7-16-20-19-9/h2-7H,1H3,(H,15,17,18)(H,16,19,20). The van der Waals surface area contributed by atoms with E-state index >= 15 is 0 Å². The van der Waals surface area contributed by atoms with Crippen molar-refractivity contribution in [2.75, 3.05) is 12.4 Å². The van der Waals surface area contributed by atoms with E-state index in [4.69, 9.17) is 0 Å². The molecule has 2 N–H and O–H groups in total. The summed E-state index contributed by atoms with van der Waals surface area (Å²) in [4.78, 5) is 9.08. The smallest absolute Gasteiger partial charge is 0.184 e. The van der Waals surface area contributed by atoms with Crippen molar-refractivity contribution in [3.63, 3.8) is 0 Å². The molecule has 7 heteroatoms. The van der Waals surface area contributed by atoms with Gasteiger partial charge >= 0.3 is 0 Å². The van der Waals surface area contributed by atoms with Crippen LogP contribution in [0.15, 0.2) is 36.5 Å². The van der Waals surface area contributed by atoms with Crippen molar-refractivity contribution in [3.8, 4) is 22.8 Å². The van der Waals surface area contributed by atoms with Crippen LogP contribution in [-0.4, -0.2) is 32.4 Å². The van der Waals surface area contributed by atoms with E-state index in [2.05, 4.69) is 53.3 Å². The molecule has 0 saturated carbocycles. The highest BCUT2D eigenvalue weighted by Crippen LogP contribution is 2.29. The molecule has 0 bridgehead atoms. The Hall–Kier alpha value is -2.03. The molecule has 3 rings (SSSR count). The monoisotopic (exact) mass is 378 g/mol. The van der Waals surface area contributed by atoms with Crippen molar-refractivity contribution >= 4 is 28.4 Å². The van der Waals surface area contributed by atoms with Gasteiger partial charge in [-0.2, -0.15) is 15.4 Å². The topological polar surface area (TPSA) is 79.4 Å². The molecule has 0 aliphatic heterocycles. The van der Waals surface area contributed by atoms with Gasteiger partial charge in [0.2, 0.25) is 0 Å². The molecule has 100 valence electrons. The third kappa shape index (κ3) is 2.36. The number of nitrogens with zero attached hydrogens (tertiary/aromatic N) is 4. The molecule has 6 nitrogen and oxygen atoms in total. The summed E-state index contributed by atoms with van der Waals surface area (Å²) in [5.74, 6) is 1.32. The second-order valence-electron chi connectivity index (χ2n) is 4.03. The second kappa shape index (κ2) is 5.53. The molecule has 0 aliphatic rings. The summed E-state index contributed by atoms with van der Waals surface area (Å²) in [5.41, 5.74) is 2.54. The van der Waals surface area contributed by atoms with E-state index in [1.54, 1.807) is 6.20 Å². The molecular weight excluding hydrogens is 367 g/mol. The molecule has 0 saturated heterocycles. The van der Waals surface area contributed by atoms with E-state index in [9.17, 15) is 0 Å². The molecule has 2 aromatic heterocycles. The zero-order valence-electron chi connectivity index (χ0n) is 10.6. The Labute approximate surface area is 129 Å². The maximum absolute atomic E-state index is 4.61. The molecule has 0 aliphatic carbocycles. The SMILES string of the molecule is CNc1nc(-c2cn[nH]n2)nc(-c2ccccc2)c1I. The second-order valence-corrected chi connectivity index (χ2v) is 5.11. The Morgan fingerprint density at radius 2 is 1.95 bits per heavy atom. The van der Waals surface area contributed by atoms with Crippen molar-refractivity contribution in [2.45, 2.75) is 0 Å². The molecule has 3 aromatic rings. The highest BCUT2D eigenvalue weighted by molar-refractivity contribution is 14.1. The van der Waals surface area contributed by atoms with Gasteiger partial charge in [-0.1, -0.05) is 30.3 Å². The molecule has 0 spiro atoms. The lowest BCUT2D eigenvalue weighted by Crippen LogP contribution is -2.03. The minimum atomic E-state index is 0.544. The average Bonchev–Trinajstić information content (AvgIpc) is 3.03. The van der Waals surface area contributed by atoms with Crippen LogP contribution in [0, 0.1) is 3.57 Å². The summed E-state index contributed by atoms with van der Waals surface area (Å²) in [7, 11) is 1.84. The summed E-state index contributed by atoms with van der Waals surface area (Å²) in [6.45, 7) is 0. The van der Waals surface area contributed by atoms with Crippen LogP contribution in [0.2, 0.25) is 0 Å². The molecule has 0 radical (unpaired) electrons. The normalized spacial score (nSPS) is 10.5. The van der Waals surface area contributed by atoms with Crippen LogP contribution in [0.3, 0.4) is 0 Å². The molecule has 0 atom stereocenters. The van der Waals surface area contributed by atoms with Crippen molar-refractivity contribution in [1.29, 1.82) is 0 Å². The maximum atomic E-state index is 4.61. The third-order valence-corrected chi connectivity index (χ3v) is 3.80. The van der Waals surface area contributed by atoms with Crippen LogP contribution in [0.4, 0.5) is 5.82 Å². The van der Waals surface area contributed by atoms with Crippen molar-refractivity contribution in [2.24, 2.45) is 0 Å². The van der Waals surface area contributed by atoms with Gasteiger partial charge in [0.05, 0.1) is 15.5 Å². The average molecular weight is 378 g/mol. The fourth-order valence-electron chi connectivity index (χ4n) is 1.82. The molecule has 0 unspecified atom stereocenters. The fourth-order valence-corrected chi connectivity index (χ4v) is 2.65. The number of aromatic nitrogens is 5. The maximum Gasteiger partial charge on any atom is 0.184 e. The van der Waals surface area contributed by atoms with Crippen LogP contribution in [0.1, 0.15) is 0 Å². The van der Waals surface area contributed by atoms with E-state index in [1.165, 1.54) is 0 Å². The Balaban J connectivity index is 2.21. The van der Waals surface area contributed by atoms with Gasteiger partial charge in [-0.15, -0.1) is 0 Å². The van der Waals surface area contributed by atoms with Gasteiger partial charge in [-0.25, -0.2) is 9.97 Å². The zero-order valence-corrected chi connectivity index (χ0v) is 12.8. The molecule has 0 amide bonds. The number of hydrogen-bond donors (Lipinski definition) is 2. The van der Waals surface area contributed by atoms with Crippen molar-refractivity contribution < 1.29 is 0 Å². The van der Waals surface area contributed by atoms with E-state index in [-0.39, 0.29) is 0 Å². The van der Waals surface area contributed by atoms with Gasteiger partial charge in [0.15, 0.2) is 5.82 Å². The molecule has 2 heterocycles. The third-order valence-electron chi connectivity index (χ3n) is 2.78. The number of aromatic amines is 1. The van der Waals surface area contributed by atoms with E-state index < -0.39 is 0 Å². The summed E-state index contributed by atoms with van der Waals surface area (Å²) in [6.07, 6.45) is 1.61. The molecule has 20 heavy (non-hydrogen) atoms. The van der Waals surface area contributed by atoms with Gasteiger partial charge in [0.25, 0.3) is 0 Å². The first-order valence-corrected chi connectivity index (χ1v) is 7.04. The van der Waals surface area contributed by atoms with Crippen LogP contribution in [0.25, 0.3) is 22.8 Å². The summed E-state index contributed by atoms with van der Waals surface area (Å²) in [6, 6.07) is 10.0. The zero-order chi connectivity index (χ0) is 13.9. The van der Waals surface area contributed by atoms with E-state index in [0.29, 0.717) is 11.5 Å². The summed E-state index contributed by atoms with van der Waals surface area (Å²) >= 11 is 2.25. The summed E-state index contributed by atoms with van der Waals surface area (Å²) in [5, 5.41) is 13.5. The number of hydrogen-bond acceptors (Lipinski definition) is 5. The van der Waals surface area contributed by atoms with E-state index in [0.717, 1.165) is 20.6 Å². The summed E-state index contributed by atoms with van der Waals surface area (Å²) < 4.78 is 0.976. The van der Waals surface area contributed by atoms with Crippen LogP contribution < -0.4 is 5.32 Å². The van der Waals surface area contributed by atoms with Crippen LogP contribution in [-0.2, 0) is 0 Å². The van der Waals surface area contributed by atoms with Gasteiger partial charge in [0, 0.05) is 12.6 Å². The Morgan fingerprint density at radius 1 is 1.15 bits per heavy atom. The lowest BCUT2D eigenvalue weighted by atomic mass is 10.1. The first-order chi connectivity index (χ1) is 9.79. The predicted octanol–water partition coefficient (Wildman–Crippen LogP) is 2.58. The number of benzene rings is 1. The Morgan fingerprint density at radius 3 is 2.60 bits per heavy atom. The number of H-pyrrole nitrogens is 1. The Bertz CT molecular complexity index is 711. The van der Waals surface area contributed by atoms with Crippen molar-refractivity contribution in [3.05, 3.63) is 40.1 Å². The predicted molar refractivity (Wildman–Crippen MR) is 85.1 cm³/mol. The van der Waals surface area contributed by atoms with Crippen LogP contribution >= 0.6 is 22.6 Å². The van der Waals surface area contributed by atoms with E-state index in [1.807, 2.05) is 37.4 Å². The number of nitrogens with one attached hydrogen (secondary N) is 2. The minimum Gasteiger partial charge on any atom is -0.372 e. The highest BCUT2D eigenvalue weighted by Gasteiger charge is 2.15. The largest absolute Gasteiger partial charge is 0.372 e. The fraction of sp³-hybridized carbons (Fsp3) is 0.0769. The lowest BCUT2D eigenvalue weighted by Gasteiger charge is -2.10. The lowest BCUT2D eigenvalue weighted by molar-refractivity contribution is 0.938. The molecule has 1 aromatic carbocycles. The highest BCUT2D eigenvalue weighted by atomic mass is 127. The number of anilines is 1. The molecule has 0 fully saturated rings. The van der Waals surface area contributed by atoms with Gasteiger partial charge in [0.1, 0.15) is 11.5 Å². The number of rotatable bonds is 3. The van der Waals surface area contributed by atoms with Gasteiger partial charge in [-0.05, 0) is 22.6 Å².